The van der Waals surface area contributed by atoms with Crippen LogP contribution >= 0.6 is 0 Å². The van der Waals surface area contributed by atoms with Crippen molar-refractivity contribution in [3.05, 3.63) is 11.4 Å². The van der Waals surface area contributed by atoms with Crippen LogP contribution in [0.1, 0.15) is 50.9 Å². The van der Waals surface area contributed by atoms with Gasteiger partial charge in [0.2, 0.25) is 0 Å². The third kappa shape index (κ3) is 3.64. The van der Waals surface area contributed by atoms with E-state index in [0.717, 1.165) is 55.5 Å². The lowest BCUT2D eigenvalue weighted by atomic mass is 10.2. The number of anilines is 2. The van der Waals surface area contributed by atoms with E-state index in [2.05, 4.69) is 37.9 Å². The number of nitrogens with one attached hydrogen (secondary N) is 1. The van der Waals surface area contributed by atoms with Gasteiger partial charge in [-0.15, -0.1) is 0 Å². The Morgan fingerprint density at radius 2 is 2.14 bits per heavy atom. The highest BCUT2D eigenvalue weighted by Crippen LogP contribution is 2.29. The minimum atomic E-state index is 0.314. The smallest absolute Gasteiger partial charge is 0.137 e. The Morgan fingerprint density at radius 1 is 1.38 bits per heavy atom. The zero-order chi connectivity index (χ0) is 15.4. The average Bonchev–Trinajstić information content (AvgIpc) is 2.94. The maximum Gasteiger partial charge on any atom is 0.137 e. The Kier molecular flexibility index (Phi) is 5.39. The molecule has 0 radical (unpaired) electrons. The highest BCUT2D eigenvalue weighted by atomic mass is 16.5. The first-order valence-corrected chi connectivity index (χ1v) is 7.96. The normalized spacial score (nSPS) is 18.6. The molecule has 1 unspecified atom stereocenters. The molecule has 0 spiro atoms. The second kappa shape index (κ2) is 7.07. The molecule has 118 valence electrons. The predicted molar refractivity (Wildman–Crippen MR) is 87.3 cm³/mol. The molecule has 1 fully saturated rings. The van der Waals surface area contributed by atoms with E-state index in [1.54, 1.807) is 7.11 Å². The molecule has 5 heteroatoms. The minimum absolute atomic E-state index is 0.314. The Morgan fingerprint density at radius 3 is 2.71 bits per heavy atom. The molecule has 5 nitrogen and oxygen atoms in total. The lowest BCUT2D eigenvalue weighted by molar-refractivity contribution is 0.121. The van der Waals surface area contributed by atoms with Crippen molar-refractivity contribution < 1.29 is 4.74 Å². The zero-order valence-corrected chi connectivity index (χ0v) is 13.9. The van der Waals surface area contributed by atoms with Crippen LogP contribution in [0, 0.1) is 6.92 Å². The van der Waals surface area contributed by atoms with E-state index < -0.39 is 0 Å². The van der Waals surface area contributed by atoms with Gasteiger partial charge < -0.3 is 15.0 Å². The molecule has 1 aromatic rings. The van der Waals surface area contributed by atoms with Crippen LogP contribution in [0.4, 0.5) is 11.6 Å². The summed E-state index contributed by atoms with van der Waals surface area (Å²) in [5.74, 6) is 3.28. The molecule has 0 aliphatic carbocycles. The van der Waals surface area contributed by atoms with Gasteiger partial charge in [0, 0.05) is 38.2 Å². The van der Waals surface area contributed by atoms with E-state index >= 15 is 0 Å². The molecule has 1 saturated heterocycles. The summed E-state index contributed by atoms with van der Waals surface area (Å²) in [6.45, 7) is 11.4. The number of methoxy groups -OCH3 is 1. The fourth-order valence-electron chi connectivity index (χ4n) is 2.62. The summed E-state index contributed by atoms with van der Waals surface area (Å²) in [6.07, 6.45) is 2.47. The summed E-state index contributed by atoms with van der Waals surface area (Å²) in [5, 5.41) is 3.44. The third-order valence-electron chi connectivity index (χ3n) is 3.97. The molecule has 0 amide bonds. The van der Waals surface area contributed by atoms with Gasteiger partial charge in [0.25, 0.3) is 0 Å². The first kappa shape index (κ1) is 16.0. The van der Waals surface area contributed by atoms with Crippen molar-refractivity contribution in [1.29, 1.82) is 0 Å². The van der Waals surface area contributed by atoms with E-state index in [1.165, 1.54) is 0 Å². The Hall–Kier alpha value is -1.36. The van der Waals surface area contributed by atoms with Crippen molar-refractivity contribution in [3.8, 4) is 0 Å². The van der Waals surface area contributed by atoms with Crippen LogP contribution in [0.5, 0.6) is 0 Å². The van der Waals surface area contributed by atoms with Crippen molar-refractivity contribution in [2.45, 2.75) is 52.6 Å². The van der Waals surface area contributed by atoms with Gasteiger partial charge in [-0.25, -0.2) is 9.97 Å². The predicted octanol–water partition coefficient (Wildman–Crippen LogP) is 2.96. The van der Waals surface area contributed by atoms with Crippen LogP contribution in [0.25, 0.3) is 0 Å². The van der Waals surface area contributed by atoms with Gasteiger partial charge in [0.1, 0.15) is 17.5 Å². The highest BCUT2D eigenvalue weighted by molar-refractivity contribution is 5.59. The molecule has 2 rings (SSSR count). The lowest BCUT2D eigenvalue weighted by Gasteiger charge is -2.22. The van der Waals surface area contributed by atoms with Gasteiger partial charge in [0.05, 0.1) is 6.10 Å². The Bertz CT molecular complexity index is 476. The number of ether oxygens (including phenoxy) is 1. The van der Waals surface area contributed by atoms with Crippen molar-refractivity contribution in [3.63, 3.8) is 0 Å². The summed E-state index contributed by atoms with van der Waals surface area (Å²) in [6, 6.07) is 0. The van der Waals surface area contributed by atoms with Gasteiger partial charge in [-0.05, 0) is 19.8 Å². The van der Waals surface area contributed by atoms with E-state index in [9.17, 15) is 0 Å². The van der Waals surface area contributed by atoms with Gasteiger partial charge in [0.15, 0.2) is 0 Å². The maximum atomic E-state index is 5.47. The molecule has 21 heavy (non-hydrogen) atoms. The van der Waals surface area contributed by atoms with Crippen LogP contribution < -0.4 is 10.2 Å². The number of hydrogen-bond donors (Lipinski definition) is 1. The molecule has 1 aromatic heterocycles. The molecule has 1 N–H and O–H groups in total. The largest absolute Gasteiger partial charge is 0.380 e. The van der Waals surface area contributed by atoms with Crippen LogP contribution in [-0.4, -0.2) is 42.8 Å². The molecular weight excluding hydrogens is 264 g/mol. The Balaban J connectivity index is 2.32. The average molecular weight is 292 g/mol. The first-order valence-electron chi connectivity index (χ1n) is 7.96. The molecular formula is C16H28N4O. The van der Waals surface area contributed by atoms with Crippen molar-refractivity contribution >= 4 is 11.6 Å². The molecule has 1 aliphatic rings. The SMILES string of the molecule is CCCNc1nc(C(C)C)nc(N2CCC(OC)C2)c1C. The fraction of sp³-hybridized carbons (Fsp3) is 0.750. The van der Waals surface area contributed by atoms with Gasteiger partial charge in [-0.2, -0.15) is 0 Å². The summed E-state index contributed by atoms with van der Waals surface area (Å²) in [7, 11) is 1.79. The Labute approximate surface area is 128 Å². The standard InChI is InChI=1S/C16H28N4O/c1-6-8-17-15-12(4)16(19-14(18-15)11(2)3)20-9-7-13(10-20)21-5/h11,13H,6-10H2,1-5H3,(H,17,18,19). The molecule has 2 heterocycles. The van der Waals surface area contributed by atoms with Crippen molar-refractivity contribution in [2.75, 3.05) is 37.0 Å². The van der Waals surface area contributed by atoms with Crippen LogP contribution in [0.3, 0.4) is 0 Å². The van der Waals surface area contributed by atoms with Gasteiger partial charge in [-0.3, -0.25) is 0 Å². The first-order chi connectivity index (χ1) is 10.1. The number of nitrogens with zero attached hydrogens (tertiary/aromatic N) is 3. The highest BCUT2D eigenvalue weighted by Gasteiger charge is 2.26. The maximum absolute atomic E-state index is 5.47. The summed E-state index contributed by atoms with van der Waals surface area (Å²) in [5.41, 5.74) is 1.14. The topological polar surface area (TPSA) is 50.3 Å². The molecule has 0 saturated carbocycles. The zero-order valence-electron chi connectivity index (χ0n) is 13.9. The van der Waals surface area contributed by atoms with E-state index in [1.807, 2.05) is 0 Å². The third-order valence-corrected chi connectivity index (χ3v) is 3.97. The van der Waals surface area contributed by atoms with Crippen LogP contribution in [0.15, 0.2) is 0 Å². The summed E-state index contributed by atoms with van der Waals surface area (Å²) < 4.78 is 5.47. The molecule has 0 bridgehead atoms. The molecule has 0 aromatic carbocycles. The number of rotatable bonds is 6. The minimum Gasteiger partial charge on any atom is -0.380 e. The summed E-state index contributed by atoms with van der Waals surface area (Å²) >= 11 is 0. The van der Waals surface area contributed by atoms with Crippen LogP contribution in [-0.2, 0) is 4.74 Å². The van der Waals surface area contributed by atoms with Gasteiger partial charge >= 0.3 is 0 Å². The number of hydrogen-bond acceptors (Lipinski definition) is 5. The number of aromatic nitrogens is 2. The van der Waals surface area contributed by atoms with E-state index in [0.29, 0.717) is 12.0 Å². The van der Waals surface area contributed by atoms with E-state index in [-0.39, 0.29) is 0 Å². The monoisotopic (exact) mass is 292 g/mol. The van der Waals surface area contributed by atoms with Crippen molar-refractivity contribution in [2.24, 2.45) is 0 Å². The van der Waals surface area contributed by atoms with Crippen LogP contribution in [0.2, 0.25) is 0 Å². The second-order valence-electron chi connectivity index (χ2n) is 6.05. The summed E-state index contributed by atoms with van der Waals surface area (Å²) in [4.78, 5) is 11.8. The fourth-order valence-corrected chi connectivity index (χ4v) is 2.62. The van der Waals surface area contributed by atoms with Gasteiger partial charge in [-0.1, -0.05) is 20.8 Å². The molecule has 1 aliphatic heterocycles. The quantitative estimate of drug-likeness (QED) is 0.873. The van der Waals surface area contributed by atoms with E-state index in [4.69, 9.17) is 14.7 Å². The lowest BCUT2D eigenvalue weighted by Crippen LogP contribution is -2.25. The van der Waals surface area contributed by atoms with Crippen molar-refractivity contribution in [1.82, 2.24) is 9.97 Å². The second-order valence-corrected chi connectivity index (χ2v) is 6.05. The molecule has 1 atom stereocenters.